The number of carbonyl (C=O) groups is 3. The highest BCUT2D eigenvalue weighted by Gasteiger charge is 2.02. The van der Waals surface area contributed by atoms with Crippen molar-refractivity contribution in [2.75, 3.05) is 72.5 Å². The number of rotatable bonds is 20. The standard InChI is InChI=1S/C18H35N3O7/c1-16(22)14-27-12-10-26-9-7-21-18(24)15-28-13-11-25-8-6-20-17(23)4-2-3-5-19/h2-15,19H2,1H3,(H,20,23)(H,21,24). The highest BCUT2D eigenvalue weighted by atomic mass is 16.5. The lowest BCUT2D eigenvalue weighted by molar-refractivity contribution is -0.127. The van der Waals surface area contributed by atoms with Gasteiger partial charge in [0.2, 0.25) is 11.8 Å². The van der Waals surface area contributed by atoms with Gasteiger partial charge < -0.3 is 35.3 Å². The SMILES string of the molecule is CC(=O)COCCOCCNC(=O)COCCOCCNC(=O)CCCCN. The Balaban J connectivity index is 3.26. The highest BCUT2D eigenvalue weighted by molar-refractivity contribution is 5.77. The van der Waals surface area contributed by atoms with Crippen LogP contribution >= 0.6 is 0 Å². The molecule has 0 rings (SSSR count). The normalized spacial score (nSPS) is 10.6. The monoisotopic (exact) mass is 405 g/mol. The third-order valence-electron chi connectivity index (χ3n) is 3.28. The Hall–Kier alpha value is -1.59. The van der Waals surface area contributed by atoms with E-state index in [1.54, 1.807) is 0 Å². The maximum absolute atomic E-state index is 11.5. The zero-order chi connectivity index (χ0) is 20.9. The molecule has 0 unspecified atom stereocenters. The molecule has 0 saturated carbocycles. The molecule has 0 atom stereocenters. The van der Waals surface area contributed by atoms with Crippen molar-refractivity contribution in [3.05, 3.63) is 0 Å². The summed E-state index contributed by atoms with van der Waals surface area (Å²) in [6.45, 7) is 5.01. The molecule has 10 nitrogen and oxygen atoms in total. The first kappa shape index (κ1) is 26.4. The number of carbonyl (C=O) groups excluding carboxylic acids is 3. The maximum Gasteiger partial charge on any atom is 0.246 e. The summed E-state index contributed by atoms with van der Waals surface area (Å²) in [5.74, 6) is -0.266. The zero-order valence-corrected chi connectivity index (χ0v) is 16.8. The number of amides is 2. The van der Waals surface area contributed by atoms with E-state index in [1.165, 1.54) is 6.92 Å². The molecule has 0 saturated heterocycles. The average Bonchev–Trinajstić information content (AvgIpc) is 2.66. The van der Waals surface area contributed by atoms with E-state index in [2.05, 4.69) is 10.6 Å². The van der Waals surface area contributed by atoms with E-state index in [0.29, 0.717) is 65.7 Å². The third-order valence-corrected chi connectivity index (χ3v) is 3.28. The Morgan fingerprint density at radius 1 is 0.714 bits per heavy atom. The van der Waals surface area contributed by atoms with Gasteiger partial charge in [0.1, 0.15) is 13.2 Å². The Morgan fingerprint density at radius 3 is 1.82 bits per heavy atom. The molecular formula is C18H35N3O7. The Bertz CT molecular complexity index is 422. The van der Waals surface area contributed by atoms with Gasteiger partial charge in [-0.2, -0.15) is 0 Å². The van der Waals surface area contributed by atoms with Gasteiger partial charge in [-0.1, -0.05) is 0 Å². The molecular weight excluding hydrogens is 370 g/mol. The predicted molar refractivity (Wildman–Crippen MR) is 103 cm³/mol. The highest BCUT2D eigenvalue weighted by Crippen LogP contribution is 1.92. The molecule has 4 N–H and O–H groups in total. The van der Waals surface area contributed by atoms with Gasteiger partial charge in [-0.3, -0.25) is 14.4 Å². The molecule has 0 aromatic rings. The largest absolute Gasteiger partial charge is 0.377 e. The van der Waals surface area contributed by atoms with Crippen molar-refractivity contribution < 1.29 is 33.3 Å². The van der Waals surface area contributed by atoms with Gasteiger partial charge in [0.05, 0.1) is 39.6 Å². The second-order valence-electron chi connectivity index (χ2n) is 5.98. The fraction of sp³-hybridized carbons (Fsp3) is 0.833. The van der Waals surface area contributed by atoms with Crippen LogP contribution in [0.2, 0.25) is 0 Å². The molecule has 10 heteroatoms. The number of nitrogens with two attached hydrogens (primary N) is 1. The molecule has 0 radical (unpaired) electrons. The topological polar surface area (TPSA) is 138 Å². The smallest absolute Gasteiger partial charge is 0.246 e. The number of hydrogen-bond donors (Lipinski definition) is 3. The van der Waals surface area contributed by atoms with Crippen LogP contribution in [0, 0.1) is 0 Å². The van der Waals surface area contributed by atoms with E-state index in [0.717, 1.165) is 12.8 Å². The minimum atomic E-state index is -0.235. The van der Waals surface area contributed by atoms with Crippen molar-refractivity contribution >= 4 is 17.6 Å². The van der Waals surface area contributed by atoms with Crippen LogP contribution in [0.15, 0.2) is 0 Å². The van der Waals surface area contributed by atoms with Gasteiger partial charge in [0.15, 0.2) is 5.78 Å². The molecule has 0 aliphatic carbocycles. The van der Waals surface area contributed by atoms with Crippen molar-refractivity contribution in [3.63, 3.8) is 0 Å². The number of ketones is 1. The van der Waals surface area contributed by atoms with Crippen molar-refractivity contribution in [1.29, 1.82) is 0 Å². The van der Waals surface area contributed by atoms with E-state index in [9.17, 15) is 14.4 Å². The van der Waals surface area contributed by atoms with E-state index in [4.69, 9.17) is 24.7 Å². The fourth-order valence-corrected chi connectivity index (χ4v) is 1.92. The second kappa shape index (κ2) is 20.2. The first-order valence-electron chi connectivity index (χ1n) is 9.60. The first-order chi connectivity index (χ1) is 13.6. The fourth-order valence-electron chi connectivity index (χ4n) is 1.92. The predicted octanol–water partition coefficient (Wildman–Crippen LogP) is -0.997. The minimum Gasteiger partial charge on any atom is -0.377 e. The van der Waals surface area contributed by atoms with Crippen molar-refractivity contribution in [3.8, 4) is 0 Å². The van der Waals surface area contributed by atoms with Crippen LogP contribution in [0.4, 0.5) is 0 Å². The van der Waals surface area contributed by atoms with Gasteiger partial charge in [0, 0.05) is 19.5 Å². The Morgan fingerprint density at radius 2 is 1.25 bits per heavy atom. The van der Waals surface area contributed by atoms with Crippen molar-refractivity contribution in [2.24, 2.45) is 5.73 Å². The van der Waals surface area contributed by atoms with Crippen LogP contribution in [0.5, 0.6) is 0 Å². The Kier molecular flexibility index (Phi) is 19.0. The summed E-state index contributed by atoms with van der Waals surface area (Å²) < 4.78 is 20.8. The van der Waals surface area contributed by atoms with E-state index < -0.39 is 0 Å². The van der Waals surface area contributed by atoms with Crippen molar-refractivity contribution in [1.82, 2.24) is 10.6 Å². The van der Waals surface area contributed by atoms with E-state index in [-0.39, 0.29) is 30.8 Å². The number of Topliss-reactive ketones (excluding diaryl/α,β-unsaturated/α-hetero) is 1. The lowest BCUT2D eigenvalue weighted by Gasteiger charge is -2.08. The quantitative estimate of drug-likeness (QED) is 0.219. The second-order valence-corrected chi connectivity index (χ2v) is 5.98. The maximum atomic E-state index is 11.5. The summed E-state index contributed by atoms with van der Waals surface area (Å²) in [4.78, 5) is 33.6. The molecule has 0 bridgehead atoms. The molecule has 0 spiro atoms. The molecule has 28 heavy (non-hydrogen) atoms. The first-order valence-corrected chi connectivity index (χ1v) is 9.60. The van der Waals surface area contributed by atoms with Gasteiger partial charge >= 0.3 is 0 Å². The van der Waals surface area contributed by atoms with Gasteiger partial charge in [-0.25, -0.2) is 0 Å². The van der Waals surface area contributed by atoms with E-state index >= 15 is 0 Å². The third kappa shape index (κ3) is 20.7. The lowest BCUT2D eigenvalue weighted by Crippen LogP contribution is -2.31. The van der Waals surface area contributed by atoms with Crippen LogP contribution < -0.4 is 16.4 Å². The number of ether oxygens (including phenoxy) is 4. The summed E-state index contributed by atoms with van der Waals surface area (Å²) >= 11 is 0. The summed E-state index contributed by atoms with van der Waals surface area (Å²) in [6.07, 6.45) is 2.12. The van der Waals surface area contributed by atoms with Crippen molar-refractivity contribution in [2.45, 2.75) is 26.2 Å². The molecule has 0 aliphatic rings. The van der Waals surface area contributed by atoms with Gasteiger partial charge in [-0.05, 0) is 26.3 Å². The Labute approximate surface area is 166 Å². The molecule has 2 amide bonds. The van der Waals surface area contributed by atoms with Gasteiger partial charge in [0.25, 0.3) is 0 Å². The molecule has 164 valence electrons. The summed E-state index contributed by atoms with van der Waals surface area (Å²) in [5, 5.41) is 5.41. The van der Waals surface area contributed by atoms with Gasteiger partial charge in [-0.15, -0.1) is 0 Å². The number of hydrogen-bond acceptors (Lipinski definition) is 8. The average molecular weight is 405 g/mol. The van der Waals surface area contributed by atoms with Crippen LogP contribution in [-0.2, 0) is 33.3 Å². The van der Waals surface area contributed by atoms with Crippen LogP contribution in [-0.4, -0.2) is 90.1 Å². The summed E-state index contributed by atoms with van der Waals surface area (Å²) in [5.41, 5.74) is 5.36. The van der Waals surface area contributed by atoms with Crippen LogP contribution in [0.1, 0.15) is 26.2 Å². The van der Waals surface area contributed by atoms with Crippen LogP contribution in [0.3, 0.4) is 0 Å². The zero-order valence-electron chi connectivity index (χ0n) is 16.8. The molecule has 0 heterocycles. The minimum absolute atomic E-state index is 0.00228. The number of nitrogens with one attached hydrogen (secondary N) is 2. The molecule has 0 aromatic heterocycles. The summed E-state index contributed by atoms with van der Waals surface area (Å²) in [7, 11) is 0. The van der Waals surface area contributed by atoms with Crippen LogP contribution in [0.25, 0.3) is 0 Å². The molecule has 0 aliphatic heterocycles. The summed E-state index contributed by atoms with van der Waals surface area (Å²) in [6, 6.07) is 0. The molecule has 0 fully saturated rings. The van der Waals surface area contributed by atoms with E-state index in [1.807, 2.05) is 0 Å². The molecule has 0 aromatic carbocycles. The number of unbranched alkanes of at least 4 members (excludes halogenated alkanes) is 1. The lowest BCUT2D eigenvalue weighted by atomic mass is 10.2.